The lowest BCUT2D eigenvalue weighted by atomic mass is 9.84. The Bertz CT molecular complexity index is 2050. The van der Waals surface area contributed by atoms with E-state index in [-0.39, 0.29) is 61.6 Å². The number of fused-ring (bicyclic) bond motifs is 4. The van der Waals surface area contributed by atoms with Crippen molar-refractivity contribution < 1.29 is 29.0 Å². The lowest BCUT2D eigenvalue weighted by Crippen LogP contribution is -2.49. The minimum atomic E-state index is -0.929. The summed E-state index contributed by atoms with van der Waals surface area (Å²) in [6.07, 6.45) is 4.24. The Kier molecular flexibility index (Phi) is 11.6. The maximum atomic E-state index is 13.9. The van der Waals surface area contributed by atoms with Crippen LogP contribution in [0.4, 0.5) is 0 Å². The number of nitrogens with zero attached hydrogens (tertiary/aromatic N) is 4. The van der Waals surface area contributed by atoms with Crippen molar-refractivity contribution in [2.45, 2.75) is 91.8 Å². The number of amides is 2. The summed E-state index contributed by atoms with van der Waals surface area (Å²) in [6.45, 7) is 15.1. The number of phenolic OH excluding ortho intramolecular Hbond substituents is 1. The smallest absolute Gasteiger partial charge is 0.305 e. The van der Waals surface area contributed by atoms with Crippen molar-refractivity contribution in [3.05, 3.63) is 71.5 Å². The van der Waals surface area contributed by atoms with Crippen molar-refractivity contribution in [3.8, 4) is 28.1 Å². The first-order chi connectivity index (χ1) is 25.8. The molecule has 2 aromatic carbocycles. The SMILES string of the molecule is C=NN1CCCCC(=O)OCC(C)(C)Cc2c(-c3cccnc3[C@H](C)OC)n(CC)c3ccc(cc23)-c2cc(O)cc(c2)C[C@H](NC(=O)[C@H]2C[C@@H]2C)C1=O. The highest BCUT2D eigenvalue weighted by Crippen LogP contribution is 2.42. The molecule has 1 aliphatic carbocycles. The van der Waals surface area contributed by atoms with Gasteiger partial charge in [0.05, 0.1) is 24.1 Å². The number of aryl methyl sites for hydroxylation is 1. The van der Waals surface area contributed by atoms with Gasteiger partial charge in [0.15, 0.2) is 0 Å². The van der Waals surface area contributed by atoms with Gasteiger partial charge < -0.3 is 24.5 Å². The second-order valence-corrected chi connectivity index (χ2v) is 15.7. The summed E-state index contributed by atoms with van der Waals surface area (Å²) in [5, 5.41) is 20.3. The van der Waals surface area contributed by atoms with Gasteiger partial charge in [0.2, 0.25) is 5.91 Å². The van der Waals surface area contributed by atoms with Gasteiger partial charge in [0.25, 0.3) is 5.91 Å². The monoisotopic (exact) mass is 735 g/mol. The molecule has 2 amide bonds. The Morgan fingerprint density at radius 3 is 2.65 bits per heavy atom. The molecule has 0 unspecified atom stereocenters. The number of phenols is 1. The van der Waals surface area contributed by atoms with Crippen molar-refractivity contribution in [1.82, 2.24) is 19.9 Å². The van der Waals surface area contributed by atoms with E-state index in [2.05, 4.69) is 60.7 Å². The lowest BCUT2D eigenvalue weighted by Gasteiger charge is -2.26. The highest BCUT2D eigenvalue weighted by molar-refractivity contribution is 5.95. The third kappa shape index (κ3) is 8.36. The Hall–Kier alpha value is -5.03. The van der Waals surface area contributed by atoms with E-state index >= 15 is 0 Å². The molecular weight excluding hydrogens is 683 g/mol. The van der Waals surface area contributed by atoms with Gasteiger partial charge in [0.1, 0.15) is 11.8 Å². The molecule has 1 aliphatic heterocycles. The van der Waals surface area contributed by atoms with Crippen LogP contribution in [0.5, 0.6) is 5.75 Å². The number of cyclic esters (lactones) is 1. The van der Waals surface area contributed by atoms with Crippen molar-refractivity contribution in [1.29, 1.82) is 0 Å². The number of methoxy groups -OCH3 is 1. The number of rotatable bonds is 7. The fourth-order valence-electron chi connectivity index (χ4n) is 7.67. The van der Waals surface area contributed by atoms with E-state index in [0.717, 1.165) is 51.0 Å². The molecule has 54 heavy (non-hydrogen) atoms. The number of ether oxygens (including phenoxy) is 2. The maximum absolute atomic E-state index is 13.9. The van der Waals surface area contributed by atoms with E-state index in [0.29, 0.717) is 31.4 Å². The van der Waals surface area contributed by atoms with Gasteiger partial charge in [0, 0.05) is 73.8 Å². The summed E-state index contributed by atoms with van der Waals surface area (Å²) in [5.74, 6) is -0.689. The Balaban J connectivity index is 1.51. The molecular formula is C43H53N5O6. The third-order valence-corrected chi connectivity index (χ3v) is 10.8. The van der Waals surface area contributed by atoms with Crippen molar-refractivity contribution in [3.63, 3.8) is 0 Å². The van der Waals surface area contributed by atoms with Crippen molar-refractivity contribution >= 4 is 35.4 Å². The number of aromatic hydroxyl groups is 1. The van der Waals surface area contributed by atoms with Crippen LogP contribution in [-0.2, 0) is 43.2 Å². The van der Waals surface area contributed by atoms with Crippen LogP contribution in [0.2, 0.25) is 0 Å². The number of hydrogen-bond acceptors (Lipinski definition) is 8. The molecule has 2 N–H and O–H groups in total. The Morgan fingerprint density at radius 1 is 1.17 bits per heavy atom. The molecule has 0 spiro atoms. The van der Waals surface area contributed by atoms with E-state index in [4.69, 9.17) is 14.5 Å². The minimum Gasteiger partial charge on any atom is -0.508 e. The van der Waals surface area contributed by atoms with E-state index in [1.165, 1.54) is 5.01 Å². The van der Waals surface area contributed by atoms with E-state index in [9.17, 15) is 19.5 Å². The predicted octanol–water partition coefficient (Wildman–Crippen LogP) is 7.23. The third-order valence-electron chi connectivity index (χ3n) is 10.8. The summed E-state index contributed by atoms with van der Waals surface area (Å²) in [4.78, 5) is 44.9. The number of nitrogens with one attached hydrogen (secondary N) is 1. The van der Waals surface area contributed by atoms with E-state index in [1.54, 1.807) is 25.4 Å². The van der Waals surface area contributed by atoms with Gasteiger partial charge in [-0.15, -0.1) is 0 Å². The molecule has 11 nitrogen and oxygen atoms in total. The molecule has 6 rings (SSSR count). The zero-order valence-electron chi connectivity index (χ0n) is 32.4. The zero-order valence-corrected chi connectivity index (χ0v) is 32.4. The molecule has 11 heteroatoms. The van der Waals surface area contributed by atoms with Crippen molar-refractivity contribution in [2.75, 3.05) is 20.3 Å². The predicted molar refractivity (Wildman–Crippen MR) is 210 cm³/mol. The fraction of sp³-hybridized carbons (Fsp3) is 0.465. The number of benzene rings is 2. The first-order valence-electron chi connectivity index (χ1n) is 19.0. The van der Waals surface area contributed by atoms with Crippen LogP contribution in [-0.4, -0.2) is 70.5 Å². The molecule has 2 aromatic heterocycles. The van der Waals surface area contributed by atoms with Gasteiger partial charge in [-0.3, -0.25) is 19.4 Å². The van der Waals surface area contributed by atoms with Crippen LogP contribution >= 0.6 is 0 Å². The summed E-state index contributed by atoms with van der Waals surface area (Å²) in [5.41, 5.74) is 6.90. The van der Waals surface area contributed by atoms with E-state index in [1.807, 2.05) is 32.0 Å². The average Bonchev–Trinajstić information content (AvgIpc) is 3.82. The first-order valence-corrected chi connectivity index (χ1v) is 19.0. The van der Waals surface area contributed by atoms with Gasteiger partial charge in [-0.05, 0) is 104 Å². The van der Waals surface area contributed by atoms with Crippen LogP contribution in [0, 0.1) is 17.3 Å². The number of aromatic nitrogens is 2. The molecule has 4 bridgehead atoms. The van der Waals surface area contributed by atoms with Gasteiger partial charge in [-0.1, -0.05) is 32.9 Å². The number of esters is 1. The molecule has 4 atom stereocenters. The standard InChI is InChI=1S/C43H53N5O6/c1-8-47-37-15-14-29-23-34(37)35(40(47)32-12-11-16-45-39(32)27(3)53-7)24-43(4,5)25-54-38(50)13-9-10-17-48(44-6)42(52)36(46-41(51)33-18-26(33)2)21-28-19-30(29)22-31(49)20-28/h11-12,14-16,19-20,22-23,26-27,33,36,49H,6,8-10,13,17-18,21,24-25H2,1-5,7H3,(H,46,51)/t26-,27-,33-,36-/m0/s1. The average molecular weight is 736 g/mol. The lowest BCUT2D eigenvalue weighted by molar-refractivity contribution is -0.146. The van der Waals surface area contributed by atoms with Gasteiger partial charge in [-0.2, -0.15) is 5.10 Å². The largest absolute Gasteiger partial charge is 0.508 e. The molecule has 0 saturated heterocycles. The minimum absolute atomic E-state index is 0.0559. The molecule has 2 aliphatic rings. The second kappa shape index (κ2) is 16.1. The van der Waals surface area contributed by atoms with Crippen LogP contribution in [0.1, 0.15) is 83.2 Å². The maximum Gasteiger partial charge on any atom is 0.305 e. The molecule has 286 valence electrons. The van der Waals surface area contributed by atoms with Crippen LogP contribution in [0.3, 0.4) is 0 Å². The van der Waals surface area contributed by atoms with Crippen LogP contribution < -0.4 is 5.32 Å². The Morgan fingerprint density at radius 2 is 1.94 bits per heavy atom. The second-order valence-electron chi connectivity index (χ2n) is 15.7. The summed E-state index contributed by atoms with van der Waals surface area (Å²) in [6, 6.07) is 14.7. The van der Waals surface area contributed by atoms with Gasteiger partial charge >= 0.3 is 5.97 Å². The van der Waals surface area contributed by atoms with E-state index < -0.39 is 17.4 Å². The first kappa shape index (κ1) is 38.7. The summed E-state index contributed by atoms with van der Waals surface area (Å²) < 4.78 is 14.0. The number of hydrazone groups is 1. The number of carbonyl (C=O) groups excluding carboxylic acids is 3. The molecule has 1 saturated carbocycles. The fourth-order valence-corrected chi connectivity index (χ4v) is 7.67. The number of hydrogen-bond donors (Lipinski definition) is 2. The highest BCUT2D eigenvalue weighted by atomic mass is 16.5. The number of carbonyl (C=O) groups is 3. The molecule has 3 heterocycles. The highest BCUT2D eigenvalue weighted by Gasteiger charge is 2.41. The number of pyridine rings is 1. The quantitative estimate of drug-likeness (QED) is 0.151. The summed E-state index contributed by atoms with van der Waals surface area (Å²) in [7, 11) is 1.68. The Labute approximate surface area is 317 Å². The summed E-state index contributed by atoms with van der Waals surface area (Å²) >= 11 is 0. The zero-order chi connectivity index (χ0) is 38.7. The topological polar surface area (TPSA) is 135 Å². The molecule has 4 aromatic rings. The van der Waals surface area contributed by atoms with Crippen LogP contribution in [0.25, 0.3) is 33.3 Å². The van der Waals surface area contributed by atoms with Crippen LogP contribution in [0.15, 0.2) is 59.8 Å². The molecule has 0 radical (unpaired) electrons. The molecule has 1 fully saturated rings. The normalized spacial score (nSPS) is 21.4. The van der Waals surface area contributed by atoms with Crippen molar-refractivity contribution in [2.24, 2.45) is 22.4 Å². The van der Waals surface area contributed by atoms with Gasteiger partial charge in [-0.25, -0.2) is 5.01 Å².